The molecule has 0 N–H and O–H groups in total. The summed E-state index contributed by atoms with van der Waals surface area (Å²) in [7, 11) is 0. The molecule has 0 aliphatic heterocycles. The van der Waals surface area contributed by atoms with Crippen molar-refractivity contribution in [1.82, 2.24) is 14.5 Å². The summed E-state index contributed by atoms with van der Waals surface area (Å²) < 4.78 is 2.41. The maximum Gasteiger partial charge on any atom is 0.160 e. The van der Waals surface area contributed by atoms with E-state index in [1.54, 1.807) is 0 Å². The van der Waals surface area contributed by atoms with E-state index in [2.05, 4.69) is 182 Å². The van der Waals surface area contributed by atoms with Crippen LogP contribution in [0.5, 0.6) is 0 Å². The van der Waals surface area contributed by atoms with E-state index in [9.17, 15) is 0 Å². The summed E-state index contributed by atoms with van der Waals surface area (Å²) in [5.41, 5.74) is 16.2. The monoisotopic (exact) mass is 665 g/mol. The zero-order valence-corrected chi connectivity index (χ0v) is 29.1. The van der Waals surface area contributed by atoms with E-state index in [4.69, 9.17) is 9.97 Å². The Labute approximate surface area is 303 Å². The molecule has 0 fully saturated rings. The molecule has 2 aromatic heterocycles. The average Bonchev–Trinajstić information content (AvgIpc) is 3.67. The van der Waals surface area contributed by atoms with Crippen LogP contribution in [0.25, 0.3) is 83.6 Å². The molecule has 9 aromatic rings. The lowest BCUT2D eigenvalue weighted by Crippen LogP contribution is -2.15. The summed E-state index contributed by atoms with van der Waals surface area (Å²) in [6, 6.07) is 62.7. The number of hydrogen-bond donors (Lipinski definition) is 0. The first-order chi connectivity index (χ1) is 25.5. The Morgan fingerprint density at radius 1 is 0.442 bits per heavy atom. The molecule has 0 radical (unpaired) electrons. The fourth-order valence-corrected chi connectivity index (χ4v) is 8.31. The van der Waals surface area contributed by atoms with Gasteiger partial charge in [0.2, 0.25) is 0 Å². The molecule has 0 amide bonds. The predicted molar refractivity (Wildman–Crippen MR) is 216 cm³/mol. The summed E-state index contributed by atoms with van der Waals surface area (Å²) >= 11 is 0. The quantitative estimate of drug-likeness (QED) is 0.183. The van der Waals surface area contributed by atoms with Crippen LogP contribution in [0, 0.1) is 0 Å². The van der Waals surface area contributed by atoms with Gasteiger partial charge in [-0.1, -0.05) is 147 Å². The Hall–Kier alpha value is -6.58. The third kappa shape index (κ3) is 4.74. The van der Waals surface area contributed by atoms with Crippen LogP contribution < -0.4 is 0 Å². The summed E-state index contributed by atoms with van der Waals surface area (Å²) in [4.78, 5) is 10.3. The van der Waals surface area contributed by atoms with Gasteiger partial charge in [-0.05, 0) is 75.8 Å². The number of hydrogen-bond acceptors (Lipinski definition) is 2. The second-order valence-corrected chi connectivity index (χ2v) is 14.2. The zero-order valence-electron chi connectivity index (χ0n) is 29.1. The van der Waals surface area contributed by atoms with Crippen molar-refractivity contribution >= 4 is 21.8 Å². The maximum absolute atomic E-state index is 5.15. The van der Waals surface area contributed by atoms with Gasteiger partial charge in [-0.3, -0.25) is 0 Å². The Kier molecular flexibility index (Phi) is 6.84. The second kappa shape index (κ2) is 11.8. The number of aromatic nitrogens is 3. The third-order valence-corrected chi connectivity index (χ3v) is 10.8. The van der Waals surface area contributed by atoms with Crippen molar-refractivity contribution in [3.05, 3.63) is 187 Å². The largest absolute Gasteiger partial charge is 0.309 e. The van der Waals surface area contributed by atoms with E-state index in [0.717, 1.165) is 33.8 Å². The maximum atomic E-state index is 5.15. The summed E-state index contributed by atoms with van der Waals surface area (Å²) in [6.45, 7) is 4.74. The number of nitrogens with zero attached hydrogens (tertiary/aromatic N) is 3. The van der Waals surface area contributed by atoms with Crippen LogP contribution in [0.4, 0.5) is 0 Å². The van der Waals surface area contributed by atoms with Crippen LogP contribution >= 0.6 is 0 Å². The average molecular weight is 666 g/mol. The molecule has 7 aromatic carbocycles. The van der Waals surface area contributed by atoms with E-state index >= 15 is 0 Å². The molecular formula is C49H35N3. The van der Waals surface area contributed by atoms with Crippen molar-refractivity contribution in [2.24, 2.45) is 0 Å². The Morgan fingerprint density at radius 3 is 1.73 bits per heavy atom. The van der Waals surface area contributed by atoms with Gasteiger partial charge < -0.3 is 4.57 Å². The van der Waals surface area contributed by atoms with E-state index in [1.807, 2.05) is 12.1 Å². The molecule has 1 aliphatic carbocycles. The van der Waals surface area contributed by atoms with Gasteiger partial charge in [-0.15, -0.1) is 0 Å². The van der Waals surface area contributed by atoms with Crippen molar-refractivity contribution in [3.8, 4) is 61.8 Å². The Morgan fingerprint density at radius 2 is 1.00 bits per heavy atom. The first kappa shape index (κ1) is 30.3. The van der Waals surface area contributed by atoms with Gasteiger partial charge in [-0.25, -0.2) is 9.97 Å². The summed E-state index contributed by atoms with van der Waals surface area (Å²) in [6.07, 6.45) is 0. The highest BCUT2D eigenvalue weighted by molar-refractivity contribution is 6.14. The lowest BCUT2D eigenvalue weighted by Gasteiger charge is -2.22. The highest BCUT2D eigenvalue weighted by Gasteiger charge is 2.38. The van der Waals surface area contributed by atoms with E-state index < -0.39 is 0 Å². The van der Waals surface area contributed by atoms with Crippen LogP contribution in [0.15, 0.2) is 176 Å². The first-order valence-corrected chi connectivity index (χ1v) is 17.9. The summed E-state index contributed by atoms with van der Waals surface area (Å²) in [5, 5.41) is 2.61. The van der Waals surface area contributed by atoms with Gasteiger partial charge in [0, 0.05) is 38.6 Å². The smallest absolute Gasteiger partial charge is 0.160 e. The molecule has 2 heterocycles. The minimum Gasteiger partial charge on any atom is -0.309 e. The molecule has 10 rings (SSSR count). The van der Waals surface area contributed by atoms with Crippen LogP contribution in [0.2, 0.25) is 0 Å². The van der Waals surface area contributed by atoms with Gasteiger partial charge in [0.25, 0.3) is 0 Å². The van der Waals surface area contributed by atoms with Crippen LogP contribution in [0.1, 0.15) is 25.0 Å². The zero-order chi connectivity index (χ0) is 34.8. The minimum absolute atomic E-state index is 0.106. The molecule has 0 saturated carbocycles. The molecule has 0 atom stereocenters. The van der Waals surface area contributed by atoms with Crippen molar-refractivity contribution < 1.29 is 0 Å². The number of benzene rings is 7. The third-order valence-electron chi connectivity index (χ3n) is 10.8. The van der Waals surface area contributed by atoms with Crippen LogP contribution in [-0.2, 0) is 5.41 Å². The SMILES string of the molecule is CC1(C)c2ccccc2-c2ccc3c(c21)c1ccccc1n3-c1ccc(-c2nc(-c3ccccc3)cc(-c3ccc(-c4ccccc4)cc3)n2)cc1. The lowest BCUT2D eigenvalue weighted by molar-refractivity contribution is 0.666. The lowest BCUT2D eigenvalue weighted by atomic mass is 9.80. The Balaban J connectivity index is 1.09. The molecule has 0 bridgehead atoms. The van der Waals surface area contributed by atoms with Gasteiger partial charge >= 0.3 is 0 Å². The molecular weight excluding hydrogens is 631 g/mol. The van der Waals surface area contributed by atoms with E-state index in [-0.39, 0.29) is 5.41 Å². The molecule has 0 saturated heterocycles. The molecule has 3 nitrogen and oxygen atoms in total. The van der Waals surface area contributed by atoms with Crippen LogP contribution in [0.3, 0.4) is 0 Å². The highest BCUT2D eigenvalue weighted by atomic mass is 15.0. The second-order valence-electron chi connectivity index (χ2n) is 14.2. The molecule has 1 aliphatic rings. The molecule has 3 heteroatoms. The summed E-state index contributed by atoms with van der Waals surface area (Å²) in [5.74, 6) is 0.703. The van der Waals surface area contributed by atoms with E-state index in [1.165, 1.54) is 55.2 Å². The van der Waals surface area contributed by atoms with Crippen LogP contribution in [-0.4, -0.2) is 14.5 Å². The van der Waals surface area contributed by atoms with Crippen molar-refractivity contribution in [3.63, 3.8) is 0 Å². The normalized spacial score (nSPS) is 13.0. The number of para-hydroxylation sites is 1. The first-order valence-electron chi connectivity index (χ1n) is 17.9. The fourth-order valence-electron chi connectivity index (χ4n) is 8.31. The fraction of sp³-hybridized carbons (Fsp3) is 0.0612. The number of rotatable bonds is 5. The minimum atomic E-state index is -0.106. The molecule has 0 spiro atoms. The van der Waals surface area contributed by atoms with Crippen molar-refractivity contribution in [2.45, 2.75) is 19.3 Å². The molecule has 246 valence electrons. The molecule has 0 unspecified atom stereocenters. The van der Waals surface area contributed by atoms with Gasteiger partial charge in [0.05, 0.1) is 22.4 Å². The topological polar surface area (TPSA) is 30.7 Å². The predicted octanol–water partition coefficient (Wildman–Crippen LogP) is 12.5. The highest BCUT2D eigenvalue weighted by Crippen LogP contribution is 2.53. The molecule has 52 heavy (non-hydrogen) atoms. The van der Waals surface area contributed by atoms with Crippen molar-refractivity contribution in [2.75, 3.05) is 0 Å². The Bertz CT molecular complexity index is 2780. The van der Waals surface area contributed by atoms with Gasteiger partial charge in [-0.2, -0.15) is 0 Å². The van der Waals surface area contributed by atoms with E-state index in [0.29, 0.717) is 5.82 Å². The van der Waals surface area contributed by atoms with Gasteiger partial charge in [0.1, 0.15) is 0 Å². The van der Waals surface area contributed by atoms with Gasteiger partial charge in [0.15, 0.2) is 5.82 Å². The standard InChI is InChI=1S/C49H35N3/c1-49(2)41-19-11-9-17-38(41)39-29-30-45-46(47(39)49)40-18-10-12-20-44(40)52(45)37-27-25-36(26-28-37)48-50-42(34-15-7-4-8-16-34)31-43(51-48)35-23-21-33(22-24-35)32-13-5-3-6-14-32/h3-31H,1-2H3. The number of fused-ring (bicyclic) bond motifs is 7. The van der Waals surface area contributed by atoms with Crippen molar-refractivity contribution in [1.29, 1.82) is 0 Å².